The third-order valence-corrected chi connectivity index (χ3v) is 6.04. The lowest BCUT2D eigenvalue weighted by molar-refractivity contribution is 0.355. The number of methoxy groups -OCH3 is 2. The Bertz CT molecular complexity index is 856. The van der Waals surface area contributed by atoms with E-state index in [1.165, 1.54) is 20.3 Å². The summed E-state index contributed by atoms with van der Waals surface area (Å²) < 4.78 is 38.4. The van der Waals surface area contributed by atoms with Crippen molar-refractivity contribution in [3.05, 3.63) is 45.4 Å². The number of anilines is 1. The topological polar surface area (TPSA) is 64.6 Å². The van der Waals surface area contributed by atoms with Gasteiger partial charge in [0, 0.05) is 11.1 Å². The number of rotatable bonds is 5. The van der Waals surface area contributed by atoms with Crippen molar-refractivity contribution in [2.75, 3.05) is 18.9 Å². The Kier molecular flexibility index (Phi) is 5.52. The lowest BCUT2D eigenvalue weighted by Gasteiger charge is -2.16. The van der Waals surface area contributed by atoms with Crippen LogP contribution in [0.4, 0.5) is 5.69 Å². The van der Waals surface area contributed by atoms with E-state index in [2.05, 4.69) is 4.72 Å². The molecule has 0 unspecified atom stereocenters. The highest BCUT2D eigenvalue weighted by molar-refractivity contribution is 7.93. The van der Waals surface area contributed by atoms with Crippen LogP contribution in [0.3, 0.4) is 0 Å². The molecular formula is C16H17Cl2NO4S. The Morgan fingerprint density at radius 2 is 1.62 bits per heavy atom. The normalized spacial score (nSPS) is 11.2. The van der Waals surface area contributed by atoms with Gasteiger partial charge >= 0.3 is 0 Å². The summed E-state index contributed by atoms with van der Waals surface area (Å²) >= 11 is 12.3. The fourth-order valence-corrected chi connectivity index (χ4v) is 4.50. The summed E-state index contributed by atoms with van der Waals surface area (Å²) in [5, 5.41) is 0.481. The third kappa shape index (κ3) is 3.55. The molecule has 0 bridgehead atoms. The van der Waals surface area contributed by atoms with Crippen molar-refractivity contribution in [1.29, 1.82) is 0 Å². The summed E-state index contributed by atoms with van der Waals surface area (Å²) in [4.78, 5) is -0.0380. The Morgan fingerprint density at radius 3 is 2.21 bits per heavy atom. The predicted molar refractivity (Wildman–Crippen MR) is 96.3 cm³/mol. The number of sulfonamides is 1. The van der Waals surface area contributed by atoms with Crippen molar-refractivity contribution >= 4 is 38.9 Å². The van der Waals surface area contributed by atoms with Gasteiger partial charge in [0.2, 0.25) is 0 Å². The molecule has 0 radical (unpaired) electrons. The van der Waals surface area contributed by atoms with Gasteiger partial charge < -0.3 is 9.47 Å². The van der Waals surface area contributed by atoms with Gasteiger partial charge in [-0.3, -0.25) is 4.72 Å². The standard InChI is InChI=1S/C16H17Cl2NO4S/c1-9-7-12(17)10(2)16(15(9)18)24(20,21)19-11-5-6-13(22-3)14(8-11)23-4/h5-8,19H,1-4H3. The van der Waals surface area contributed by atoms with E-state index in [4.69, 9.17) is 32.7 Å². The van der Waals surface area contributed by atoms with E-state index in [1.54, 1.807) is 32.0 Å². The third-order valence-electron chi connectivity index (χ3n) is 3.49. The maximum atomic E-state index is 12.8. The van der Waals surface area contributed by atoms with Gasteiger partial charge in [-0.15, -0.1) is 0 Å². The number of nitrogens with one attached hydrogen (secondary N) is 1. The van der Waals surface area contributed by atoms with Crippen molar-refractivity contribution in [3.8, 4) is 11.5 Å². The highest BCUT2D eigenvalue weighted by atomic mass is 35.5. The summed E-state index contributed by atoms with van der Waals surface area (Å²) in [6.07, 6.45) is 0. The number of ether oxygens (including phenoxy) is 2. The largest absolute Gasteiger partial charge is 0.493 e. The molecule has 0 saturated heterocycles. The first-order valence-electron chi connectivity index (χ1n) is 6.91. The van der Waals surface area contributed by atoms with Crippen molar-refractivity contribution in [2.45, 2.75) is 18.7 Å². The minimum Gasteiger partial charge on any atom is -0.493 e. The molecule has 1 N–H and O–H groups in total. The molecule has 2 aromatic rings. The van der Waals surface area contributed by atoms with Crippen LogP contribution < -0.4 is 14.2 Å². The average molecular weight is 390 g/mol. The minimum atomic E-state index is -3.93. The maximum Gasteiger partial charge on any atom is 0.263 e. The molecule has 0 aliphatic heterocycles. The zero-order valence-corrected chi connectivity index (χ0v) is 15.9. The molecule has 0 aliphatic rings. The second kappa shape index (κ2) is 7.09. The molecule has 0 spiro atoms. The summed E-state index contributed by atoms with van der Waals surface area (Å²) in [5.74, 6) is 0.899. The summed E-state index contributed by atoms with van der Waals surface area (Å²) in [6, 6.07) is 6.33. The Labute approximate surface area is 151 Å². The van der Waals surface area contributed by atoms with Crippen molar-refractivity contribution < 1.29 is 17.9 Å². The average Bonchev–Trinajstić information content (AvgIpc) is 2.52. The van der Waals surface area contributed by atoms with Crippen molar-refractivity contribution in [2.24, 2.45) is 0 Å². The molecule has 8 heteroatoms. The van der Waals surface area contributed by atoms with Gasteiger partial charge in [-0.05, 0) is 43.2 Å². The molecular weight excluding hydrogens is 373 g/mol. The summed E-state index contributed by atoms with van der Waals surface area (Å²) in [7, 11) is -0.958. The van der Waals surface area contributed by atoms with E-state index in [9.17, 15) is 8.42 Å². The maximum absolute atomic E-state index is 12.8. The van der Waals surface area contributed by atoms with Gasteiger partial charge in [0.1, 0.15) is 4.90 Å². The van der Waals surface area contributed by atoms with Gasteiger partial charge in [-0.1, -0.05) is 23.2 Å². The molecule has 0 amide bonds. The van der Waals surface area contributed by atoms with E-state index in [-0.39, 0.29) is 9.92 Å². The molecule has 130 valence electrons. The predicted octanol–water partition coefficient (Wildman–Crippen LogP) is 4.43. The number of aryl methyl sites for hydroxylation is 1. The van der Waals surface area contributed by atoms with Crippen LogP contribution in [0.25, 0.3) is 0 Å². The van der Waals surface area contributed by atoms with E-state index >= 15 is 0 Å². The lowest BCUT2D eigenvalue weighted by atomic mass is 10.2. The van der Waals surface area contributed by atoms with E-state index in [0.29, 0.717) is 33.3 Å². The van der Waals surface area contributed by atoms with Crippen LogP contribution in [-0.2, 0) is 10.0 Å². The van der Waals surface area contributed by atoms with Gasteiger partial charge in [0.25, 0.3) is 10.0 Å². The monoisotopic (exact) mass is 389 g/mol. The molecule has 24 heavy (non-hydrogen) atoms. The molecule has 0 saturated carbocycles. The van der Waals surface area contributed by atoms with Gasteiger partial charge in [0.15, 0.2) is 11.5 Å². The lowest BCUT2D eigenvalue weighted by Crippen LogP contribution is -2.15. The zero-order chi connectivity index (χ0) is 18.1. The Morgan fingerprint density at radius 1 is 1.00 bits per heavy atom. The van der Waals surface area contributed by atoms with E-state index in [1.807, 2.05) is 0 Å². The highest BCUT2D eigenvalue weighted by Crippen LogP contribution is 2.35. The van der Waals surface area contributed by atoms with E-state index in [0.717, 1.165) is 0 Å². The van der Waals surface area contributed by atoms with Crippen LogP contribution in [0.1, 0.15) is 11.1 Å². The minimum absolute atomic E-state index is 0.0380. The van der Waals surface area contributed by atoms with Crippen LogP contribution >= 0.6 is 23.2 Å². The molecule has 5 nitrogen and oxygen atoms in total. The smallest absolute Gasteiger partial charge is 0.263 e. The van der Waals surface area contributed by atoms with Crippen LogP contribution in [-0.4, -0.2) is 22.6 Å². The quantitative estimate of drug-likeness (QED) is 0.821. The Balaban J connectivity index is 2.51. The second-order valence-electron chi connectivity index (χ2n) is 5.12. The summed E-state index contributed by atoms with van der Waals surface area (Å²) in [5.41, 5.74) is 1.29. The molecule has 0 aromatic heterocycles. The van der Waals surface area contributed by atoms with Crippen LogP contribution in [0.2, 0.25) is 10.0 Å². The zero-order valence-electron chi connectivity index (χ0n) is 13.6. The van der Waals surface area contributed by atoms with E-state index < -0.39 is 10.0 Å². The highest BCUT2D eigenvalue weighted by Gasteiger charge is 2.24. The molecule has 2 aromatic carbocycles. The fourth-order valence-electron chi connectivity index (χ4n) is 2.24. The number of hydrogen-bond acceptors (Lipinski definition) is 4. The van der Waals surface area contributed by atoms with Crippen LogP contribution in [0, 0.1) is 13.8 Å². The SMILES string of the molecule is COc1ccc(NS(=O)(=O)c2c(C)c(Cl)cc(C)c2Cl)cc1OC. The van der Waals surface area contributed by atoms with Crippen LogP contribution in [0.15, 0.2) is 29.2 Å². The fraction of sp³-hybridized carbons (Fsp3) is 0.250. The molecule has 2 rings (SSSR count). The van der Waals surface area contributed by atoms with Gasteiger partial charge in [0.05, 0.1) is 24.9 Å². The first-order valence-corrected chi connectivity index (χ1v) is 9.15. The summed E-state index contributed by atoms with van der Waals surface area (Å²) in [6.45, 7) is 3.31. The second-order valence-corrected chi connectivity index (χ2v) is 7.52. The number of halogens is 2. The van der Waals surface area contributed by atoms with Gasteiger partial charge in [-0.25, -0.2) is 8.42 Å². The Hall–Kier alpha value is -1.63. The first-order chi connectivity index (χ1) is 11.2. The molecule has 0 heterocycles. The van der Waals surface area contributed by atoms with Gasteiger partial charge in [-0.2, -0.15) is 0 Å². The van der Waals surface area contributed by atoms with Crippen molar-refractivity contribution in [3.63, 3.8) is 0 Å². The number of hydrogen-bond donors (Lipinski definition) is 1. The number of benzene rings is 2. The molecule has 0 aliphatic carbocycles. The first kappa shape index (κ1) is 18.7. The van der Waals surface area contributed by atoms with Crippen molar-refractivity contribution in [1.82, 2.24) is 0 Å². The molecule has 0 atom stereocenters. The molecule has 0 fully saturated rings. The van der Waals surface area contributed by atoms with Crippen LogP contribution in [0.5, 0.6) is 11.5 Å².